The molecule has 2 N–H and O–H groups in total. The fourth-order valence-corrected chi connectivity index (χ4v) is 2.30. The number of carbonyl (C=O) groups is 2. The minimum absolute atomic E-state index is 0.0816. The summed E-state index contributed by atoms with van der Waals surface area (Å²) in [5.41, 5.74) is 0.824. The first-order chi connectivity index (χ1) is 11.4. The Morgan fingerprint density at radius 3 is 2.58 bits per heavy atom. The summed E-state index contributed by atoms with van der Waals surface area (Å²) in [6.45, 7) is 6.58. The number of nitrogens with zero attached hydrogens (tertiary/aromatic N) is 1. The smallest absolute Gasteiger partial charge is 0.321 e. The van der Waals surface area contributed by atoms with Crippen LogP contribution < -0.4 is 10.6 Å². The maximum atomic E-state index is 12.0. The van der Waals surface area contributed by atoms with Crippen molar-refractivity contribution in [2.45, 2.75) is 26.8 Å². The Morgan fingerprint density at radius 1 is 1.21 bits per heavy atom. The highest BCUT2D eigenvalue weighted by atomic mass is 16.3. The molecule has 0 aliphatic heterocycles. The van der Waals surface area contributed by atoms with Crippen LogP contribution in [0.15, 0.2) is 34.7 Å². The molecule has 6 nitrogen and oxygen atoms in total. The number of benzene rings is 1. The van der Waals surface area contributed by atoms with Gasteiger partial charge in [-0.3, -0.25) is 15.0 Å². The van der Waals surface area contributed by atoms with Crippen molar-refractivity contribution in [3.05, 3.63) is 36.1 Å². The van der Waals surface area contributed by atoms with Gasteiger partial charge < -0.3 is 9.73 Å². The highest BCUT2D eigenvalue weighted by molar-refractivity contribution is 5.95. The molecule has 2 rings (SSSR count). The highest BCUT2D eigenvalue weighted by Crippen LogP contribution is 2.26. The van der Waals surface area contributed by atoms with Gasteiger partial charge in [-0.2, -0.15) is 0 Å². The van der Waals surface area contributed by atoms with E-state index in [1.807, 2.05) is 63.1 Å². The van der Waals surface area contributed by atoms with Crippen molar-refractivity contribution < 1.29 is 14.0 Å². The summed E-state index contributed by atoms with van der Waals surface area (Å²) < 4.78 is 5.83. The third kappa shape index (κ3) is 4.83. The number of urea groups is 1. The van der Waals surface area contributed by atoms with Crippen molar-refractivity contribution in [1.82, 2.24) is 15.5 Å². The summed E-state index contributed by atoms with van der Waals surface area (Å²) in [6.07, 6.45) is 0. The topological polar surface area (TPSA) is 74.6 Å². The lowest BCUT2D eigenvalue weighted by Gasteiger charge is -2.22. The molecular formula is C18H25N3O3. The van der Waals surface area contributed by atoms with Crippen LogP contribution in [0.5, 0.6) is 0 Å². The molecule has 130 valence electrons. The fourth-order valence-electron chi connectivity index (χ4n) is 2.30. The average molecular weight is 331 g/mol. The minimum Gasteiger partial charge on any atom is -0.459 e. The summed E-state index contributed by atoms with van der Waals surface area (Å²) in [5, 5.41) is 6.03. The van der Waals surface area contributed by atoms with Crippen LogP contribution in [-0.4, -0.2) is 37.0 Å². The van der Waals surface area contributed by atoms with Crippen LogP contribution in [-0.2, 0) is 4.79 Å². The predicted molar refractivity (Wildman–Crippen MR) is 93.6 cm³/mol. The molecule has 0 spiro atoms. The molecule has 6 heteroatoms. The number of imide groups is 1. The van der Waals surface area contributed by atoms with Gasteiger partial charge in [0, 0.05) is 11.9 Å². The lowest BCUT2D eigenvalue weighted by atomic mass is 10.2. The SMILES string of the molecule is CC(C)CNC(=O)NC(=O)CN(C)C(C)c1cc2ccccc2o1. The Hall–Kier alpha value is -2.34. The van der Waals surface area contributed by atoms with Crippen molar-refractivity contribution in [3.8, 4) is 0 Å². The highest BCUT2D eigenvalue weighted by Gasteiger charge is 2.19. The van der Waals surface area contributed by atoms with Crippen LogP contribution in [0.3, 0.4) is 0 Å². The third-order valence-electron chi connectivity index (χ3n) is 3.83. The van der Waals surface area contributed by atoms with Crippen molar-refractivity contribution in [2.75, 3.05) is 20.1 Å². The van der Waals surface area contributed by atoms with Crippen LogP contribution in [0.2, 0.25) is 0 Å². The summed E-state index contributed by atoms with van der Waals surface area (Å²) >= 11 is 0. The second-order valence-electron chi connectivity index (χ2n) is 6.43. The van der Waals surface area contributed by atoms with Crippen LogP contribution >= 0.6 is 0 Å². The second kappa shape index (κ2) is 7.97. The van der Waals surface area contributed by atoms with E-state index in [2.05, 4.69) is 10.6 Å². The molecule has 0 radical (unpaired) electrons. The van der Waals surface area contributed by atoms with E-state index in [0.29, 0.717) is 12.5 Å². The Balaban J connectivity index is 1.89. The van der Waals surface area contributed by atoms with E-state index in [-0.39, 0.29) is 18.5 Å². The zero-order valence-electron chi connectivity index (χ0n) is 14.6. The van der Waals surface area contributed by atoms with Gasteiger partial charge in [0.05, 0.1) is 12.6 Å². The van der Waals surface area contributed by atoms with Crippen LogP contribution in [0.25, 0.3) is 11.0 Å². The standard InChI is InChI=1S/C18H25N3O3/c1-12(2)10-19-18(23)20-17(22)11-21(4)13(3)16-9-14-7-5-6-8-15(14)24-16/h5-9,12-13H,10-11H2,1-4H3,(H2,19,20,22,23). The van der Waals surface area contributed by atoms with E-state index in [9.17, 15) is 9.59 Å². The lowest BCUT2D eigenvalue weighted by Crippen LogP contribution is -2.45. The Morgan fingerprint density at radius 2 is 1.92 bits per heavy atom. The lowest BCUT2D eigenvalue weighted by molar-refractivity contribution is -0.121. The Kier molecular flexibility index (Phi) is 5.98. The number of likely N-dealkylation sites (N-methyl/N-ethyl adjacent to an activating group) is 1. The van der Waals surface area contributed by atoms with Crippen LogP contribution in [0.1, 0.15) is 32.6 Å². The van der Waals surface area contributed by atoms with Gasteiger partial charge in [0.25, 0.3) is 0 Å². The molecule has 1 heterocycles. The number of carbonyl (C=O) groups excluding carboxylic acids is 2. The predicted octanol–water partition coefficient (Wildman–Crippen LogP) is 2.91. The van der Waals surface area contributed by atoms with Crippen LogP contribution in [0.4, 0.5) is 4.79 Å². The van der Waals surface area contributed by atoms with Crippen molar-refractivity contribution in [2.24, 2.45) is 5.92 Å². The molecule has 0 bridgehead atoms. The van der Waals surface area contributed by atoms with E-state index < -0.39 is 6.03 Å². The summed E-state index contributed by atoms with van der Waals surface area (Å²) in [6, 6.07) is 9.22. The van der Waals surface area contributed by atoms with Gasteiger partial charge >= 0.3 is 6.03 Å². The van der Waals surface area contributed by atoms with Crippen molar-refractivity contribution >= 4 is 22.9 Å². The quantitative estimate of drug-likeness (QED) is 0.853. The Bertz CT molecular complexity index is 675. The largest absolute Gasteiger partial charge is 0.459 e. The number of para-hydroxylation sites is 1. The minimum atomic E-state index is -0.460. The zero-order chi connectivity index (χ0) is 17.7. The molecule has 2 aromatic rings. The molecule has 3 amide bonds. The molecule has 0 saturated carbocycles. The first kappa shape index (κ1) is 18.0. The molecule has 24 heavy (non-hydrogen) atoms. The van der Waals surface area contributed by atoms with E-state index in [1.54, 1.807) is 0 Å². The molecule has 1 unspecified atom stereocenters. The summed E-state index contributed by atoms with van der Waals surface area (Å²) in [5.74, 6) is 0.777. The van der Waals surface area contributed by atoms with Gasteiger partial charge in [-0.1, -0.05) is 32.0 Å². The van der Waals surface area contributed by atoms with Crippen molar-refractivity contribution in [1.29, 1.82) is 0 Å². The Labute approximate surface area is 142 Å². The fraction of sp³-hybridized carbons (Fsp3) is 0.444. The number of fused-ring (bicyclic) bond motifs is 1. The summed E-state index contributed by atoms with van der Waals surface area (Å²) in [4.78, 5) is 25.4. The molecule has 0 fully saturated rings. The van der Waals surface area contributed by atoms with E-state index >= 15 is 0 Å². The molecular weight excluding hydrogens is 306 g/mol. The van der Waals surface area contributed by atoms with Crippen molar-refractivity contribution in [3.63, 3.8) is 0 Å². The molecule has 1 aromatic heterocycles. The van der Waals surface area contributed by atoms with E-state index in [0.717, 1.165) is 16.7 Å². The molecule has 1 aromatic carbocycles. The van der Waals surface area contributed by atoms with Crippen LogP contribution in [0, 0.1) is 5.92 Å². The number of amides is 3. The first-order valence-electron chi connectivity index (χ1n) is 8.13. The molecule has 1 atom stereocenters. The summed E-state index contributed by atoms with van der Waals surface area (Å²) in [7, 11) is 1.82. The number of furan rings is 1. The van der Waals surface area contributed by atoms with E-state index in [4.69, 9.17) is 4.42 Å². The number of rotatable bonds is 6. The van der Waals surface area contributed by atoms with Gasteiger partial charge in [-0.25, -0.2) is 4.79 Å². The van der Waals surface area contributed by atoms with Gasteiger partial charge in [0.15, 0.2) is 0 Å². The van der Waals surface area contributed by atoms with Gasteiger partial charge in [0.2, 0.25) is 5.91 Å². The van der Waals surface area contributed by atoms with Gasteiger partial charge in [-0.15, -0.1) is 0 Å². The number of hydrogen-bond donors (Lipinski definition) is 2. The monoisotopic (exact) mass is 331 g/mol. The average Bonchev–Trinajstić information content (AvgIpc) is 2.95. The maximum absolute atomic E-state index is 12.0. The zero-order valence-corrected chi connectivity index (χ0v) is 14.6. The maximum Gasteiger partial charge on any atom is 0.321 e. The van der Waals surface area contributed by atoms with Gasteiger partial charge in [-0.05, 0) is 32.0 Å². The van der Waals surface area contributed by atoms with E-state index in [1.165, 1.54) is 0 Å². The first-order valence-corrected chi connectivity index (χ1v) is 8.13. The van der Waals surface area contributed by atoms with Gasteiger partial charge in [0.1, 0.15) is 11.3 Å². The number of hydrogen-bond acceptors (Lipinski definition) is 4. The molecule has 0 saturated heterocycles. The second-order valence-corrected chi connectivity index (χ2v) is 6.43. The molecule has 0 aliphatic rings. The third-order valence-corrected chi connectivity index (χ3v) is 3.83. The number of nitrogens with one attached hydrogen (secondary N) is 2. The molecule has 0 aliphatic carbocycles. The normalized spacial score (nSPS) is 12.6.